The van der Waals surface area contributed by atoms with Gasteiger partial charge in [-0.15, -0.1) is 0 Å². The molecule has 1 aliphatic heterocycles. The molecule has 174 valence electrons. The van der Waals surface area contributed by atoms with Crippen LogP contribution in [0, 0.1) is 12.8 Å². The van der Waals surface area contributed by atoms with Gasteiger partial charge < -0.3 is 21.3 Å². The molecule has 2 heterocycles. The number of amides is 2. The number of hydrogen-bond acceptors (Lipinski definition) is 5. The van der Waals surface area contributed by atoms with Gasteiger partial charge in [0.1, 0.15) is 5.82 Å². The van der Waals surface area contributed by atoms with Crippen molar-refractivity contribution in [2.45, 2.75) is 46.5 Å². The molecule has 4 rings (SSSR count). The molecule has 0 radical (unpaired) electrons. The Bertz CT molecular complexity index is 878. The van der Waals surface area contributed by atoms with Crippen molar-refractivity contribution < 1.29 is 9.59 Å². The standard InChI is InChI=1S/C16H23N3O2.C6H8N2.C3H6/c1-11-8-14-9-13(16(21)18-7-6-17-3)4-5-15(14)19(10-11)12(2)20;1-5-3-2-4-6(7)8-5;1-2-3-1/h4-5,9,11,17H,6-8,10H2,1-3H3,(H,18,21);2-4H,1H3,(H2,7,8);1-3H2. The third-order valence-electron chi connectivity index (χ3n) is 5.00. The largest absolute Gasteiger partial charge is 0.384 e. The monoisotopic (exact) mass is 439 g/mol. The summed E-state index contributed by atoms with van der Waals surface area (Å²) in [5.41, 5.74) is 8.98. The van der Waals surface area contributed by atoms with Crippen LogP contribution in [0.5, 0.6) is 0 Å². The van der Waals surface area contributed by atoms with E-state index in [4.69, 9.17) is 5.73 Å². The molecule has 1 unspecified atom stereocenters. The Kier molecular flexibility index (Phi) is 10.1. The van der Waals surface area contributed by atoms with Crippen LogP contribution >= 0.6 is 0 Å². The molecule has 1 aromatic heterocycles. The molecule has 1 aromatic carbocycles. The minimum atomic E-state index is -0.0688. The van der Waals surface area contributed by atoms with Gasteiger partial charge in [0.25, 0.3) is 5.91 Å². The molecule has 1 fully saturated rings. The molecule has 0 spiro atoms. The van der Waals surface area contributed by atoms with E-state index in [-0.39, 0.29) is 11.8 Å². The van der Waals surface area contributed by atoms with Crippen molar-refractivity contribution in [3.05, 3.63) is 53.2 Å². The summed E-state index contributed by atoms with van der Waals surface area (Å²) >= 11 is 0. The molecule has 0 bridgehead atoms. The fourth-order valence-electron chi connectivity index (χ4n) is 3.27. The summed E-state index contributed by atoms with van der Waals surface area (Å²) < 4.78 is 0. The summed E-state index contributed by atoms with van der Waals surface area (Å²) in [4.78, 5) is 29.6. The number of nitrogens with two attached hydrogens (primary N) is 1. The number of rotatable bonds is 4. The number of pyridine rings is 1. The lowest BCUT2D eigenvalue weighted by Crippen LogP contribution is -2.38. The van der Waals surface area contributed by atoms with Gasteiger partial charge in [0.2, 0.25) is 5.91 Å². The summed E-state index contributed by atoms with van der Waals surface area (Å²) in [5, 5.41) is 5.86. The normalized spacial score (nSPS) is 15.9. The van der Waals surface area contributed by atoms with Gasteiger partial charge in [0.05, 0.1) is 0 Å². The average molecular weight is 440 g/mol. The first-order chi connectivity index (χ1) is 15.3. The topological polar surface area (TPSA) is 100 Å². The zero-order valence-corrected chi connectivity index (χ0v) is 19.8. The SMILES string of the molecule is C1CC1.CNCCNC(=O)c1ccc2c(c1)CC(C)CN2C(C)=O.Cc1cccc(N)n1. The van der Waals surface area contributed by atoms with E-state index < -0.39 is 0 Å². The van der Waals surface area contributed by atoms with Crippen LogP contribution in [0.2, 0.25) is 0 Å². The molecule has 1 atom stereocenters. The Morgan fingerprint density at radius 2 is 1.88 bits per heavy atom. The maximum atomic E-state index is 12.1. The first kappa shape index (κ1) is 25.3. The van der Waals surface area contributed by atoms with E-state index in [2.05, 4.69) is 22.5 Å². The number of aryl methyl sites for hydroxylation is 1. The first-order valence-electron chi connectivity index (χ1n) is 11.3. The van der Waals surface area contributed by atoms with Crippen LogP contribution in [-0.4, -0.2) is 43.5 Å². The third kappa shape index (κ3) is 8.67. The van der Waals surface area contributed by atoms with Crippen LogP contribution < -0.4 is 21.3 Å². The van der Waals surface area contributed by atoms with Crippen molar-refractivity contribution in [3.8, 4) is 0 Å². The predicted octanol–water partition coefficient (Wildman–Crippen LogP) is 3.32. The number of aromatic nitrogens is 1. The quantitative estimate of drug-likeness (QED) is 0.635. The molecular formula is C25H37N5O2. The Labute approximate surface area is 191 Å². The lowest BCUT2D eigenvalue weighted by atomic mass is 9.92. The van der Waals surface area contributed by atoms with E-state index >= 15 is 0 Å². The van der Waals surface area contributed by atoms with Gasteiger partial charge in [0, 0.05) is 43.5 Å². The Morgan fingerprint density at radius 3 is 2.41 bits per heavy atom. The van der Waals surface area contributed by atoms with Crippen molar-refractivity contribution in [1.29, 1.82) is 0 Å². The van der Waals surface area contributed by atoms with E-state index in [1.807, 2.05) is 38.2 Å². The van der Waals surface area contributed by atoms with Gasteiger partial charge in [-0.05, 0) is 62.2 Å². The highest BCUT2D eigenvalue weighted by molar-refractivity contribution is 5.97. The van der Waals surface area contributed by atoms with E-state index in [1.165, 1.54) is 19.3 Å². The molecule has 1 aliphatic carbocycles. The lowest BCUT2D eigenvalue weighted by Gasteiger charge is -2.32. The molecule has 0 saturated heterocycles. The second kappa shape index (κ2) is 12.8. The van der Waals surface area contributed by atoms with Crippen LogP contribution in [0.25, 0.3) is 0 Å². The number of likely N-dealkylation sites (N-methyl/N-ethyl adjacent to an activating group) is 1. The maximum Gasteiger partial charge on any atom is 0.251 e. The highest BCUT2D eigenvalue weighted by atomic mass is 16.2. The van der Waals surface area contributed by atoms with E-state index in [1.54, 1.807) is 24.0 Å². The van der Waals surface area contributed by atoms with Gasteiger partial charge in [-0.25, -0.2) is 4.98 Å². The highest BCUT2D eigenvalue weighted by Crippen LogP contribution is 2.30. The number of nitrogens with one attached hydrogen (secondary N) is 2. The van der Waals surface area contributed by atoms with Gasteiger partial charge in [-0.2, -0.15) is 0 Å². The van der Waals surface area contributed by atoms with Crippen LogP contribution in [0.4, 0.5) is 11.5 Å². The van der Waals surface area contributed by atoms with Crippen LogP contribution in [0.3, 0.4) is 0 Å². The predicted molar refractivity (Wildman–Crippen MR) is 131 cm³/mol. The summed E-state index contributed by atoms with van der Waals surface area (Å²) in [7, 11) is 1.85. The summed E-state index contributed by atoms with van der Waals surface area (Å²) in [5.74, 6) is 0.976. The van der Waals surface area contributed by atoms with Crippen LogP contribution in [0.1, 0.15) is 54.7 Å². The number of carbonyl (C=O) groups is 2. The van der Waals surface area contributed by atoms with E-state index in [0.717, 1.165) is 36.5 Å². The van der Waals surface area contributed by atoms with Crippen molar-refractivity contribution in [1.82, 2.24) is 15.6 Å². The molecule has 7 nitrogen and oxygen atoms in total. The van der Waals surface area contributed by atoms with Crippen molar-refractivity contribution in [2.24, 2.45) is 5.92 Å². The third-order valence-corrected chi connectivity index (χ3v) is 5.00. The number of nitrogens with zero attached hydrogens (tertiary/aromatic N) is 2. The van der Waals surface area contributed by atoms with Crippen LogP contribution in [-0.2, 0) is 11.2 Å². The van der Waals surface area contributed by atoms with Crippen molar-refractivity contribution >= 4 is 23.3 Å². The molecule has 2 aliphatic rings. The average Bonchev–Trinajstić information content (AvgIpc) is 3.62. The molecule has 7 heteroatoms. The lowest BCUT2D eigenvalue weighted by molar-refractivity contribution is -0.116. The Morgan fingerprint density at radius 1 is 1.16 bits per heavy atom. The van der Waals surface area contributed by atoms with Gasteiger partial charge in [0.15, 0.2) is 0 Å². The zero-order valence-electron chi connectivity index (χ0n) is 19.8. The minimum absolute atomic E-state index is 0.0500. The molecule has 2 amide bonds. The number of anilines is 2. The van der Waals surface area contributed by atoms with Gasteiger partial charge in [-0.1, -0.05) is 32.3 Å². The number of fused-ring (bicyclic) bond motifs is 1. The zero-order chi connectivity index (χ0) is 23.5. The molecular weight excluding hydrogens is 402 g/mol. The minimum Gasteiger partial charge on any atom is -0.384 e. The fraction of sp³-hybridized carbons (Fsp3) is 0.480. The van der Waals surface area contributed by atoms with Crippen LogP contribution in [0.15, 0.2) is 36.4 Å². The van der Waals surface area contributed by atoms with Gasteiger partial charge in [-0.3, -0.25) is 9.59 Å². The number of carbonyl (C=O) groups excluding carboxylic acids is 2. The fourth-order valence-corrected chi connectivity index (χ4v) is 3.27. The maximum absolute atomic E-state index is 12.1. The number of nitrogen functional groups attached to an aromatic ring is 1. The van der Waals surface area contributed by atoms with E-state index in [0.29, 0.717) is 23.8 Å². The second-order valence-electron chi connectivity index (χ2n) is 8.41. The van der Waals surface area contributed by atoms with E-state index in [9.17, 15) is 9.59 Å². The van der Waals surface area contributed by atoms with Gasteiger partial charge >= 0.3 is 0 Å². The number of benzene rings is 1. The smallest absolute Gasteiger partial charge is 0.251 e. The van der Waals surface area contributed by atoms with Crippen molar-refractivity contribution in [2.75, 3.05) is 37.3 Å². The molecule has 32 heavy (non-hydrogen) atoms. The summed E-state index contributed by atoms with van der Waals surface area (Å²) in [6.45, 7) is 7.71. The van der Waals surface area contributed by atoms with Crippen molar-refractivity contribution in [3.63, 3.8) is 0 Å². The Balaban J connectivity index is 0.000000268. The number of hydrogen-bond donors (Lipinski definition) is 3. The highest BCUT2D eigenvalue weighted by Gasteiger charge is 2.25. The Hall–Kier alpha value is -2.93. The molecule has 4 N–H and O–H groups in total. The second-order valence-corrected chi connectivity index (χ2v) is 8.41. The molecule has 2 aromatic rings. The summed E-state index contributed by atoms with van der Waals surface area (Å²) in [6, 6.07) is 11.2. The first-order valence-corrected chi connectivity index (χ1v) is 11.3. The summed E-state index contributed by atoms with van der Waals surface area (Å²) in [6.07, 6.45) is 5.40. The molecule has 1 saturated carbocycles.